The molecule has 0 aliphatic carbocycles. The van der Waals surface area contributed by atoms with Gasteiger partial charge in [0.25, 0.3) is 0 Å². The van der Waals surface area contributed by atoms with Gasteiger partial charge < -0.3 is 34.7 Å². The van der Waals surface area contributed by atoms with E-state index in [-0.39, 0.29) is 35.4 Å². The maximum atomic E-state index is 14.1. The number of aromatic nitrogens is 1. The fourth-order valence-electron chi connectivity index (χ4n) is 10.9. The summed E-state index contributed by atoms with van der Waals surface area (Å²) in [5, 5.41) is 6.00. The first-order chi connectivity index (χ1) is 34.4. The van der Waals surface area contributed by atoms with E-state index in [2.05, 4.69) is 15.6 Å². The molecule has 6 atom stereocenters. The molecule has 4 aliphatic rings. The van der Waals surface area contributed by atoms with Crippen LogP contribution in [0.2, 0.25) is 0 Å². The van der Waals surface area contributed by atoms with E-state index >= 15 is 0 Å². The lowest BCUT2D eigenvalue weighted by molar-refractivity contribution is -0.148. The highest BCUT2D eigenvalue weighted by atomic mass is 16.4. The van der Waals surface area contributed by atoms with Crippen LogP contribution in [0.5, 0.6) is 0 Å². The van der Waals surface area contributed by atoms with Crippen molar-refractivity contribution in [3.63, 3.8) is 0 Å². The monoisotopic (exact) mass is 961 g/mol. The Balaban J connectivity index is 0.783. The molecule has 0 unspecified atom stereocenters. The van der Waals surface area contributed by atoms with E-state index in [1.54, 1.807) is 50.1 Å². The van der Waals surface area contributed by atoms with Gasteiger partial charge in [0.2, 0.25) is 41.3 Å². The Kier molecular flexibility index (Phi) is 14.8. The quantitative estimate of drug-likeness (QED) is 0.126. The Morgan fingerprint density at radius 3 is 1.30 bits per heavy atom. The van der Waals surface area contributed by atoms with Crippen molar-refractivity contribution in [2.24, 2.45) is 0 Å². The molecule has 5 heterocycles. The first-order valence-electron chi connectivity index (χ1n) is 24.8. The average molecular weight is 962 g/mol. The van der Waals surface area contributed by atoms with Gasteiger partial charge in [-0.2, -0.15) is 0 Å². The number of anilines is 2. The van der Waals surface area contributed by atoms with Crippen LogP contribution in [0.1, 0.15) is 74.6 Å². The van der Waals surface area contributed by atoms with Crippen LogP contribution < -0.4 is 10.6 Å². The van der Waals surface area contributed by atoms with Crippen LogP contribution in [-0.2, 0) is 28.8 Å². The van der Waals surface area contributed by atoms with Crippen molar-refractivity contribution in [3.8, 4) is 22.8 Å². The third-order valence-electron chi connectivity index (χ3n) is 14.4. The van der Waals surface area contributed by atoms with Gasteiger partial charge in [-0.05, 0) is 139 Å². The molecule has 0 spiro atoms. The molecule has 16 nitrogen and oxygen atoms in total. The fraction of sp³-hybridized carbons (Fsp3) is 0.400. The molecular formula is C55H63N9O7. The maximum Gasteiger partial charge on any atom is 0.247 e. The first-order valence-corrected chi connectivity index (χ1v) is 24.8. The van der Waals surface area contributed by atoms with Crippen LogP contribution in [0.15, 0.2) is 120 Å². The maximum absolute atomic E-state index is 14.1. The Hall–Kier alpha value is -7.17. The number of likely N-dealkylation sites (tertiary alicyclic amines) is 4. The van der Waals surface area contributed by atoms with Crippen LogP contribution in [0.25, 0.3) is 22.8 Å². The summed E-state index contributed by atoms with van der Waals surface area (Å²) in [6, 6.07) is 30.0. The molecule has 16 heteroatoms. The van der Waals surface area contributed by atoms with Crippen LogP contribution in [-0.4, -0.2) is 148 Å². The van der Waals surface area contributed by atoms with E-state index in [1.807, 2.05) is 123 Å². The van der Waals surface area contributed by atoms with Crippen molar-refractivity contribution in [1.29, 1.82) is 0 Å². The highest BCUT2D eigenvalue weighted by molar-refractivity contribution is 6.00. The average Bonchev–Trinajstić information content (AvgIpc) is 4.25. The highest BCUT2D eigenvalue weighted by Gasteiger charge is 2.46. The van der Waals surface area contributed by atoms with Gasteiger partial charge in [-0.3, -0.25) is 38.6 Å². The third kappa shape index (κ3) is 10.4. The van der Waals surface area contributed by atoms with E-state index in [4.69, 9.17) is 4.42 Å². The Morgan fingerprint density at radius 1 is 0.507 bits per heavy atom. The van der Waals surface area contributed by atoms with Gasteiger partial charge in [0.1, 0.15) is 36.3 Å². The Morgan fingerprint density at radius 2 is 0.887 bits per heavy atom. The lowest BCUT2D eigenvalue weighted by Gasteiger charge is -2.34. The second kappa shape index (κ2) is 21.4. The molecule has 71 heavy (non-hydrogen) atoms. The second-order valence-corrected chi connectivity index (χ2v) is 19.5. The standard InChI is InChI=1S/C55H63N9O7/c1-59(2)47(37-15-7-5-8-16-37)54(69)63-33-13-21-44(63)52(67)61-31-11-19-42(61)49(65)57-40-27-23-36(24-28-40)46-35-56-51(71-46)39-25-29-41(30-26-39)58-50(66)43-20-12-32-62(43)53(68)45-22-14-34-64(45)55(70)48(60(3)4)38-17-9-6-10-18-38/h5-10,15-18,23-30,35,42-45,47-48H,11-14,19-22,31-34H2,1-4H3,(H,57,65)(H,58,66)/t42-,43-,44+,45+,47+,48+/m0/s1. The largest absolute Gasteiger partial charge is 0.436 e. The SMILES string of the molecule is CN(C)[C@@H](C(=O)N1CCC[C@@H]1C(=O)N1CCC[C@H]1C(=O)Nc1ccc(-c2cnc(-c3ccc(NC(=O)[C@@H]4CCCN4C(=O)[C@H]4CCCN4C(=O)[C@@H](c4ccccc4)N(C)C)cc3)o2)cc1)c1ccccc1. The zero-order chi connectivity index (χ0) is 49.8. The molecule has 0 saturated carbocycles. The summed E-state index contributed by atoms with van der Waals surface area (Å²) in [6.45, 7) is 1.89. The zero-order valence-corrected chi connectivity index (χ0v) is 40.9. The minimum absolute atomic E-state index is 0.112. The molecule has 4 aromatic carbocycles. The van der Waals surface area contributed by atoms with Crippen molar-refractivity contribution >= 4 is 46.8 Å². The lowest BCUT2D eigenvalue weighted by Crippen LogP contribution is -2.53. The highest BCUT2D eigenvalue weighted by Crippen LogP contribution is 2.33. The molecular weight excluding hydrogens is 899 g/mol. The summed E-state index contributed by atoms with van der Waals surface area (Å²) in [5.74, 6) is -0.229. The molecule has 5 aromatic rings. The van der Waals surface area contributed by atoms with Crippen LogP contribution in [0.4, 0.5) is 11.4 Å². The van der Waals surface area contributed by atoms with Crippen LogP contribution in [0, 0.1) is 0 Å². The number of carbonyl (C=O) groups is 6. The minimum atomic E-state index is -0.650. The van der Waals surface area contributed by atoms with Gasteiger partial charge >= 0.3 is 0 Å². The summed E-state index contributed by atoms with van der Waals surface area (Å²) < 4.78 is 6.16. The van der Waals surface area contributed by atoms with Gasteiger partial charge in [-0.25, -0.2) is 4.98 Å². The number of hydrogen-bond acceptors (Lipinski definition) is 10. The number of carbonyl (C=O) groups excluding carboxylic acids is 6. The lowest BCUT2D eigenvalue weighted by atomic mass is 10.0. The van der Waals surface area contributed by atoms with Gasteiger partial charge in [-0.1, -0.05) is 60.7 Å². The number of likely N-dealkylation sites (N-methyl/N-ethyl adjacent to an activating group) is 2. The molecule has 1 aromatic heterocycles. The summed E-state index contributed by atoms with van der Waals surface area (Å²) in [4.78, 5) is 98.6. The first kappa shape index (κ1) is 48.8. The van der Waals surface area contributed by atoms with E-state index in [1.165, 1.54) is 0 Å². The molecule has 6 amide bonds. The third-order valence-corrected chi connectivity index (χ3v) is 14.4. The van der Waals surface area contributed by atoms with E-state index in [0.29, 0.717) is 93.3 Å². The summed E-state index contributed by atoms with van der Waals surface area (Å²) in [6.07, 6.45) is 6.64. The van der Waals surface area contributed by atoms with Gasteiger partial charge in [0.05, 0.1) is 6.20 Å². The predicted molar refractivity (Wildman–Crippen MR) is 269 cm³/mol. The van der Waals surface area contributed by atoms with Crippen molar-refractivity contribution in [2.45, 2.75) is 87.6 Å². The van der Waals surface area contributed by atoms with Gasteiger partial charge in [-0.15, -0.1) is 0 Å². The molecule has 4 saturated heterocycles. The van der Waals surface area contributed by atoms with Gasteiger partial charge in [0.15, 0.2) is 5.76 Å². The second-order valence-electron chi connectivity index (χ2n) is 19.5. The number of nitrogens with zero attached hydrogens (tertiary/aromatic N) is 7. The number of amides is 6. The van der Waals surface area contributed by atoms with Crippen LogP contribution in [0.3, 0.4) is 0 Å². The number of nitrogens with one attached hydrogen (secondary N) is 2. The summed E-state index contributed by atoms with van der Waals surface area (Å²) in [5.41, 5.74) is 4.32. The predicted octanol–water partition coefficient (Wildman–Crippen LogP) is 6.46. The Labute approximate surface area is 414 Å². The molecule has 370 valence electrons. The Bertz CT molecular complexity index is 2530. The fourth-order valence-corrected chi connectivity index (χ4v) is 10.9. The zero-order valence-electron chi connectivity index (χ0n) is 40.9. The molecule has 4 fully saturated rings. The van der Waals surface area contributed by atoms with Crippen LogP contribution >= 0.6 is 0 Å². The number of oxazole rings is 1. The normalized spacial score (nSPS) is 20.9. The van der Waals surface area contributed by atoms with E-state index in [0.717, 1.165) is 29.5 Å². The molecule has 2 N–H and O–H groups in total. The van der Waals surface area contributed by atoms with Crippen molar-refractivity contribution in [3.05, 3.63) is 127 Å². The minimum Gasteiger partial charge on any atom is -0.436 e. The molecule has 0 radical (unpaired) electrons. The van der Waals surface area contributed by atoms with Crippen molar-refractivity contribution in [2.75, 3.05) is 65.0 Å². The molecule has 9 rings (SSSR count). The summed E-state index contributed by atoms with van der Waals surface area (Å²) in [7, 11) is 7.47. The number of rotatable bonds is 14. The van der Waals surface area contributed by atoms with Crippen molar-refractivity contribution in [1.82, 2.24) is 34.4 Å². The molecule has 4 aliphatic heterocycles. The van der Waals surface area contributed by atoms with Crippen molar-refractivity contribution < 1.29 is 33.2 Å². The topological polar surface area (TPSA) is 172 Å². The number of hydrogen-bond donors (Lipinski definition) is 2. The van der Waals surface area contributed by atoms with Gasteiger partial charge in [0, 0.05) is 48.7 Å². The summed E-state index contributed by atoms with van der Waals surface area (Å²) >= 11 is 0. The van der Waals surface area contributed by atoms with E-state index < -0.39 is 36.3 Å². The smallest absolute Gasteiger partial charge is 0.247 e. The van der Waals surface area contributed by atoms with E-state index in [9.17, 15) is 28.8 Å². The number of benzene rings is 4. The molecule has 0 bridgehead atoms.